The quantitative estimate of drug-likeness (QED) is 0.781. The topological polar surface area (TPSA) is 71.1 Å². The van der Waals surface area contributed by atoms with Gasteiger partial charge in [0.2, 0.25) is 9.84 Å². The smallest absolute Gasteiger partial charge is 0.205 e. The van der Waals surface area contributed by atoms with Crippen LogP contribution in [0, 0.1) is 0 Å². The van der Waals surface area contributed by atoms with E-state index in [1.54, 1.807) is 18.2 Å². The largest absolute Gasteiger partial charge is 0.382 e. The van der Waals surface area contributed by atoms with E-state index in [1.807, 2.05) is 0 Å². The zero-order chi connectivity index (χ0) is 17.1. The first kappa shape index (κ1) is 15.9. The van der Waals surface area contributed by atoms with E-state index >= 15 is 0 Å². The van der Waals surface area contributed by atoms with Crippen molar-refractivity contribution in [2.24, 2.45) is 0 Å². The average molecular weight is 331 g/mol. The first-order valence-corrected chi connectivity index (χ1v) is 8.40. The third-order valence-electron chi connectivity index (χ3n) is 3.64. The summed E-state index contributed by atoms with van der Waals surface area (Å²) < 4.78 is 55.6. The van der Waals surface area contributed by atoms with Crippen LogP contribution in [0.4, 0.5) is 0 Å². The van der Waals surface area contributed by atoms with Crippen molar-refractivity contribution < 1.29 is 28.7 Å². The van der Waals surface area contributed by atoms with Crippen LogP contribution in [0.5, 0.6) is 0 Å². The lowest BCUT2D eigenvalue weighted by Gasteiger charge is -2.39. The minimum Gasteiger partial charge on any atom is -0.382 e. The van der Waals surface area contributed by atoms with Crippen molar-refractivity contribution in [1.82, 2.24) is 0 Å². The predicted molar refractivity (Wildman–Crippen MR) is 80.4 cm³/mol. The molecule has 22 heavy (non-hydrogen) atoms. The molecule has 6 nitrogen and oxygen atoms in total. The minimum atomic E-state index is -4.03. The molecule has 2 rings (SSSR count). The fourth-order valence-electron chi connectivity index (χ4n) is 2.52. The summed E-state index contributed by atoms with van der Waals surface area (Å²) in [4.78, 5) is 0.0388. The fourth-order valence-corrected chi connectivity index (χ4v) is 3.93. The van der Waals surface area contributed by atoms with Crippen molar-refractivity contribution in [3.63, 3.8) is 0 Å². The Bertz CT molecular complexity index is 608. The number of ether oxygens (including phenoxy) is 4. The van der Waals surface area contributed by atoms with Crippen LogP contribution in [-0.4, -0.2) is 60.1 Å². The highest BCUT2D eigenvalue weighted by molar-refractivity contribution is 7.91. The molecule has 0 saturated carbocycles. The number of hydrogen-bond donors (Lipinski definition) is 0. The number of rotatable bonds is 6. The SMILES string of the molecule is [2H][C@@]1(S(=O)(=O)c2ccccc2)C[C@@H](OC)[C@H](OC)[C@@H](COC)O1. The fraction of sp³-hybridized carbons (Fsp3) is 0.600. The summed E-state index contributed by atoms with van der Waals surface area (Å²) in [5.41, 5.74) is -2.16. The van der Waals surface area contributed by atoms with Crippen LogP contribution < -0.4 is 0 Å². The molecule has 124 valence electrons. The molecule has 0 unspecified atom stereocenters. The van der Waals surface area contributed by atoms with Gasteiger partial charge in [-0.05, 0) is 12.1 Å². The maximum Gasteiger partial charge on any atom is 0.205 e. The standard InChI is InChI=1S/C15H22O6S/c1-18-10-13-15(20-3)12(19-2)9-14(21-13)22(16,17)11-7-5-4-6-8-11/h4-8,12-15H,9-10H2,1-3H3/t12-,13-,14-,15+/m1/s1/i14D. The molecular formula is C15H22O6S. The minimum absolute atomic E-state index is 0.0388. The molecule has 0 bridgehead atoms. The highest BCUT2D eigenvalue weighted by atomic mass is 32.2. The van der Waals surface area contributed by atoms with Crippen LogP contribution >= 0.6 is 0 Å². The normalized spacial score (nSPS) is 33.4. The Morgan fingerprint density at radius 3 is 2.45 bits per heavy atom. The highest BCUT2D eigenvalue weighted by Gasteiger charge is 2.44. The first-order valence-electron chi connectivity index (χ1n) is 7.41. The Labute approximate surface area is 132 Å². The summed E-state index contributed by atoms with van der Waals surface area (Å²) in [6.07, 6.45) is -1.98. The van der Waals surface area contributed by atoms with Crippen molar-refractivity contribution in [2.75, 3.05) is 27.9 Å². The first-order chi connectivity index (χ1) is 10.9. The molecule has 0 amide bonds. The van der Waals surface area contributed by atoms with E-state index in [9.17, 15) is 8.42 Å². The molecule has 4 atom stereocenters. The summed E-state index contributed by atoms with van der Waals surface area (Å²) in [5.74, 6) is 0. The van der Waals surface area contributed by atoms with Gasteiger partial charge in [0.15, 0.2) is 5.41 Å². The number of sulfone groups is 1. The van der Waals surface area contributed by atoms with Crippen molar-refractivity contribution in [3.05, 3.63) is 30.3 Å². The van der Waals surface area contributed by atoms with Gasteiger partial charge in [-0.3, -0.25) is 0 Å². The van der Waals surface area contributed by atoms with E-state index in [2.05, 4.69) is 0 Å². The van der Waals surface area contributed by atoms with Gasteiger partial charge >= 0.3 is 0 Å². The molecule has 7 heteroatoms. The van der Waals surface area contributed by atoms with Gasteiger partial charge in [-0.2, -0.15) is 0 Å². The predicted octanol–water partition coefficient (Wildman–Crippen LogP) is 1.25. The van der Waals surface area contributed by atoms with Crippen molar-refractivity contribution >= 4 is 9.84 Å². The van der Waals surface area contributed by atoms with Crippen molar-refractivity contribution in [1.29, 1.82) is 0 Å². The van der Waals surface area contributed by atoms with Gasteiger partial charge in [0.1, 0.15) is 12.2 Å². The van der Waals surface area contributed by atoms with E-state index in [-0.39, 0.29) is 17.9 Å². The van der Waals surface area contributed by atoms with Gasteiger partial charge in [0.25, 0.3) is 0 Å². The van der Waals surface area contributed by atoms with Gasteiger partial charge in [-0.25, -0.2) is 8.42 Å². The Balaban J connectivity index is 2.40. The molecule has 0 N–H and O–H groups in total. The lowest BCUT2D eigenvalue weighted by atomic mass is 10.0. The van der Waals surface area contributed by atoms with Crippen molar-refractivity contribution in [3.8, 4) is 0 Å². The molecule has 0 aromatic heterocycles. The lowest BCUT2D eigenvalue weighted by molar-refractivity contribution is -0.181. The molecule has 1 aliphatic heterocycles. The molecule has 1 saturated heterocycles. The molecule has 0 radical (unpaired) electrons. The molecule has 1 aliphatic rings. The number of benzene rings is 1. The lowest BCUT2D eigenvalue weighted by Crippen LogP contribution is -2.53. The number of hydrogen-bond acceptors (Lipinski definition) is 6. The third-order valence-corrected chi connectivity index (χ3v) is 5.40. The zero-order valence-corrected chi connectivity index (χ0v) is 13.7. The molecule has 1 fully saturated rings. The summed E-state index contributed by atoms with van der Waals surface area (Å²) in [7, 11) is 0.393. The van der Waals surface area contributed by atoms with Gasteiger partial charge < -0.3 is 18.9 Å². The summed E-state index contributed by atoms with van der Waals surface area (Å²) in [6.45, 7) is 0.101. The van der Waals surface area contributed by atoms with Crippen molar-refractivity contribution in [2.45, 2.75) is 35.0 Å². The maximum absolute atomic E-state index is 12.9. The average Bonchev–Trinajstić information content (AvgIpc) is 2.55. The monoisotopic (exact) mass is 331 g/mol. The summed E-state index contributed by atoms with van der Waals surface area (Å²) in [5, 5.41) is 0. The highest BCUT2D eigenvalue weighted by Crippen LogP contribution is 2.30. The van der Waals surface area contributed by atoms with Gasteiger partial charge in [-0.15, -0.1) is 0 Å². The summed E-state index contributed by atoms with van der Waals surface area (Å²) >= 11 is 0. The van der Waals surface area contributed by atoms with Gasteiger partial charge in [-0.1, -0.05) is 18.2 Å². The van der Waals surface area contributed by atoms with E-state index in [4.69, 9.17) is 20.3 Å². The Morgan fingerprint density at radius 2 is 1.91 bits per heavy atom. The second kappa shape index (κ2) is 7.52. The van der Waals surface area contributed by atoms with Crippen LogP contribution in [-0.2, 0) is 28.8 Å². The van der Waals surface area contributed by atoms with Crippen LogP contribution in [0.2, 0.25) is 0 Å². The number of methoxy groups -OCH3 is 3. The van der Waals surface area contributed by atoms with Crippen LogP contribution in [0.3, 0.4) is 0 Å². The summed E-state index contributed by atoms with van der Waals surface area (Å²) in [6, 6.07) is 7.83. The Morgan fingerprint density at radius 1 is 1.23 bits per heavy atom. The van der Waals surface area contributed by atoms with Crippen LogP contribution in [0.15, 0.2) is 35.2 Å². The van der Waals surface area contributed by atoms with Gasteiger partial charge in [0.05, 0.1) is 19.0 Å². The molecule has 1 aromatic rings. The van der Waals surface area contributed by atoms with Crippen LogP contribution in [0.1, 0.15) is 7.79 Å². The Kier molecular flexibility index (Phi) is 5.43. The zero-order valence-electron chi connectivity index (χ0n) is 13.9. The molecule has 0 aliphatic carbocycles. The maximum atomic E-state index is 12.9. The van der Waals surface area contributed by atoms with E-state index < -0.39 is 33.6 Å². The molecule has 1 aromatic carbocycles. The van der Waals surface area contributed by atoms with Crippen LogP contribution in [0.25, 0.3) is 0 Å². The van der Waals surface area contributed by atoms with Gasteiger partial charge in [0, 0.05) is 27.8 Å². The molecule has 0 spiro atoms. The third kappa shape index (κ3) is 3.49. The van der Waals surface area contributed by atoms with E-state index in [1.165, 1.54) is 33.5 Å². The molecular weight excluding hydrogens is 308 g/mol. The Hall–Kier alpha value is -0.990. The second-order valence-electron chi connectivity index (χ2n) is 4.98. The van der Waals surface area contributed by atoms with E-state index in [0.717, 1.165) is 0 Å². The van der Waals surface area contributed by atoms with E-state index in [0.29, 0.717) is 0 Å². The second-order valence-corrected chi connectivity index (χ2v) is 6.91. The molecule has 1 heterocycles.